The van der Waals surface area contributed by atoms with Crippen molar-refractivity contribution in [3.8, 4) is 33.3 Å². The normalized spacial score (nSPS) is 13.8. The Morgan fingerprint density at radius 1 is 0.943 bits per heavy atom. The Morgan fingerprint density at radius 3 is 2.15 bits per heavy atom. The maximum atomic E-state index is 13.6. The zero-order valence-electron chi connectivity index (χ0n) is 31.9. The Bertz CT molecular complexity index is 2060. The lowest BCUT2D eigenvalue weighted by atomic mass is 9.91. The molecule has 3 aromatic carbocycles. The van der Waals surface area contributed by atoms with Gasteiger partial charge in [0.2, 0.25) is 0 Å². The van der Waals surface area contributed by atoms with Crippen LogP contribution in [0.15, 0.2) is 83.4 Å². The fourth-order valence-corrected chi connectivity index (χ4v) is 7.91. The molecule has 9 nitrogen and oxygen atoms in total. The Balaban J connectivity index is 1.49. The number of nitrogens with zero attached hydrogens (tertiary/aromatic N) is 2. The zero-order chi connectivity index (χ0) is 37.9. The molecule has 2 aromatic heterocycles. The second-order valence-corrected chi connectivity index (χ2v) is 16.1. The Hall–Kier alpha value is -5.09. The van der Waals surface area contributed by atoms with E-state index in [1.807, 2.05) is 114 Å². The quantitative estimate of drug-likeness (QED) is 0.144. The van der Waals surface area contributed by atoms with Crippen molar-refractivity contribution in [2.75, 3.05) is 13.1 Å². The van der Waals surface area contributed by atoms with E-state index in [1.54, 1.807) is 4.90 Å². The van der Waals surface area contributed by atoms with E-state index in [0.29, 0.717) is 61.1 Å². The number of rotatable bonds is 11. The summed E-state index contributed by atoms with van der Waals surface area (Å²) >= 11 is 1.54. The predicted octanol–water partition coefficient (Wildman–Crippen LogP) is 10.1. The van der Waals surface area contributed by atoms with Crippen LogP contribution in [0.3, 0.4) is 0 Å². The van der Waals surface area contributed by atoms with Gasteiger partial charge in [0.1, 0.15) is 30.3 Å². The van der Waals surface area contributed by atoms with Gasteiger partial charge in [-0.15, -0.1) is 11.3 Å². The molecule has 0 saturated heterocycles. The van der Waals surface area contributed by atoms with Crippen LogP contribution in [0.25, 0.3) is 21.8 Å². The number of thiophene rings is 1. The number of aromatic nitrogens is 1. The molecule has 1 aliphatic heterocycles. The first-order valence-corrected chi connectivity index (χ1v) is 19.0. The summed E-state index contributed by atoms with van der Waals surface area (Å²) in [4.78, 5) is 30.6. The summed E-state index contributed by atoms with van der Waals surface area (Å²) in [5.74, 6) is 1.42. The standard InChI is InChI=1S/C43H49N3O6S/c1-9-44-40(47)37-36(35-22-30-20-21-46(41(48)51-42(4,5)6)43(7,8)39(30)53-35)38(52-45-37)32-23-31(27(2)3)33(49-25-28-16-12-10-13-17-28)24-34(32)50-26-29-18-14-11-15-19-29/h10-19,22-24,27H,9,20-21,25-26H2,1-8H3,(H,44,47). The fraction of sp³-hybridized carbons (Fsp3) is 0.372. The van der Waals surface area contributed by atoms with Gasteiger partial charge in [0.05, 0.1) is 16.7 Å². The first kappa shape index (κ1) is 37.7. The third-order valence-electron chi connectivity index (χ3n) is 9.20. The van der Waals surface area contributed by atoms with Crippen LogP contribution in [-0.2, 0) is 29.9 Å². The van der Waals surface area contributed by atoms with E-state index >= 15 is 0 Å². The second kappa shape index (κ2) is 15.5. The van der Waals surface area contributed by atoms with Crippen LogP contribution in [0.1, 0.15) is 98.9 Å². The summed E-state index contributed by atoms with van der Waals surface area (Å²) in [7, 11) is 0. The molecule has 0 saturated carbocycles. The summed E-state index contributed by atoms with van der Waals surface area (Å²) < 4.78 is 25.0. The third-order valence-corrected chi connectivity index (χ3v) is 10.7. The molecule has 1 N–H and O–H groups in total. The minimum Gasteiger partial charge on any atom is -0.488 e. The van der Waals surface area contributed by atoms with Crippen LogP contribution < -0.4 is 14.8 Å². The molecule has 0 fully saturated rings. The number of carbonyl (C=O) groups excluding carboxylic acids is 2. The highest BCUT2D eigenvalue weighted by Gasteiger charge is 2.42. The zero-order valence-corrected chi connectivity index (χ0v) is 32.7. The molecule has 6 rings (SSSR count). The molecule has 0 atom stereocenters. The van der Waals surface area contributed by atoms with E-state index < -0.39 is 11.1 Å². The summed E-state index contributed by atoms with van der Waals surface area (Å²) in [6.07, 6.45) is 0.287. The molecule has 0 spiro atoms. The van der Waals surface area contributed by atoms with Crippen molar-refractivity contribution >= 4 is 23.3 Å². The molecule has 0 radical (unpaired) electrons. The van der Waals surface area contributed by atoms with E-state index in [0.717, 1.165) is 32.0 Å². The van der Waals surface area contributed by atoms with Crippen molar-refractivity contribution in [2.24, 2.45) is 0 Å². The summed E-state index contributed by atoms with van der Waals surface area (Å²) in [6.45, 7) is 17.4. The molecule has 0 aliphatic carbocycles. The van der Waals surface area contributed by atoms with Crippen LogP contribution in [-0.4, -0.2) is 40.7 Å². The van der Waals surface area contributed by atoms with Crippen LogP contribution in [0.2, 0.25) is 0 Å². The number of benzene rings is 3. The van der Waals surface area contributed by atoms with E-state index in [2.05, 4.69) is 30.4 Å². The highest BCUT2D eigenvalue weighted by Crippen LogP contribution is 2.49. The number of nitrogens with one attached hydrogen (secondary N) is 1. The van der Waals surface area contributed by atoms with E-state index in [1.165, 1.54) is 11.3 Å². The third kappa shape index (κ3) is 8.28. The van der Waals surface area contributed by atoms with Crippen molar-refractivity contribution in [3.63, 3.8) is 0 Å². The Kier molecular flexibility index (Phi) is 11.0. The molecular formula is C43H49N3O6S. The maximum Gasteiger partial charge on any atom is 0.411 e. The minimum atomic E-state index is -0.658. The average molecular weight is 736 g/mol. The number of hydrogen-bond acceptors (Lipinski definition) is 8. The van der Waals surface area contributed by atoms with Gasteiger partial charge in [-0.2, -0.15) is 0 Å². The van der Waals surface area contributed by atoms with E-state index in [-0.39, 0.29) is 23.6 Å². The van der Waals surface area contributed by atoms with Crippen molar-refractivity contribution < 1.29 is 28.3 Å². The van der Waals surface area contributed by atoms with E-state index in [4.69, 9.17) is 18.7 Å². The molecule has 53 heavy (non-hydrogen) atoms. The first-order chi connectivity index (χ1) is 25.3. The topological polar surface area (TPSA) is 103 Å². The predicted molar refractivity (Wildman–Crippen MR) is 209 cm³/mol. The number of ether oxygens (including phenoxy) is 3. The lowest BCUT2D eigenvalue weighted by Crippen LogP contribution is -2.50. The lowest BCUT2D eigenvalue weighted by molar-refractivity contribution is 0.000525. The van der Waals surface area contributed by atoms with Crippen molar-refractivity contribution in [1.82, 2.24) is 15.4 Å². The molecular weight excluding hydrogens is 687 g/mol. The van der Waals surface area contributed by atoms with Gasteiger partial charge in [-0.05, 0) is 88.3 Å². The van der Waals surface area contributed by atoms with Gasteiger partial charge in [0.25, 0.3) is 5.91 Å². The molecule has 3 heterocycles. The fourth-order valence-electron chi connectivity index (χ4n) is 6.55. The number of carbonyl (C=O) groups is 2. The van der Waals surface area contributed by atoms with Crippen molar-refractivity contribution in [3.05, 3.63) is 112 Å². The molecule has 1 aliphatic rings. The average Bonchev–Trinajstić information content (AvgIpc) is 3.75. The van der Waals surface area contributed by atoms with Gasteiger partial charge in [0, 0.05) is 28.9 Å². The smallest absolute Gasteiger partial charge is 0.411 e. The van der Waals surface area contributed by atoms with Crippen LogP contribution in [0.4, 0.5) is 4.79 Å². The van der Waals surface area contributed by atoms with Crippen LogP contribution in [0.5, 0.6) is 11.5 Å². The van der Waals surface area contributed by atoms with Gasteiger partial charge in [-0.1, -0.05) is 79.7 Å². The van der Waals surface area contributed by atoms with Crippen molar-refractivity contribution in [2.45, 2.75) is 92.1 Å². The molecule has 278 valence electrons. The minimum absolute atomic E-state index is 0.0885. The Morgan fingerprint density at radius 2 is 1.57 bits per heavy atom. The molecule has 0 unspecified atom stereocenters. The monoisotopic (exact) mass is 735 g/mol. The number of hydrogen-bond donors (Lipinski definition) is 1. The number of fused-ring (bicyclic) bond motifs is 1. The van der Waals surface area contributed by atoms with Crippen LogP contribution in [0, 0.1) is 0 Å². The van der Waals surface area contributed by atoms with Gasteiger partial charge >= 0.3 is 6.09 Å². The van der Waals surface area contributed by atoms with Crippen molar-refractivity contribution in [1.29, 1.82) is 0 Å². The molecule has 10 heteroatoms. The van der Waals surface area contributed by atoms with Gasteiger partial charge in [-0.25, -0.2) is 4.79 Å². The highest BCUT2D eigenvalue weighted by molar-refractivity contribution is 7.16. The Labute approximate surface area is 316 Å². The van der Waals surface area contributed by atoms with Crippen LogP contribution >= 0.6 is 11.3 Å². The molecule has 2 amide bonds. The summed E-state index contributed by atoms with van der Waals surface area (Å²) in [5.41, 5.74) is 4.27. The summed E-state index contributed by atoms with van der Waals surface area (Å²) in [5, 5.41) is 7.31. The van der Waals surface area contributed by atoms with Gasteiger partial charge < -0.3 is 24.1 Å². The number of amides is 2. The van der Waals surface area contributed by atoms with E-state index in [9.17, 15) is 9.59 Å². The molecule has 5 aromatic rings. The largest absolute Gasteiger partial charge is 0.488 e. The van der Waals surface area contributed by atoms with Gasteiger partial charge in [0.15, 0.2) is 11.5 Å². The second-order valence-electron chi connectivity index (χ2n) is 15.1. The highest BCUT2D eigenvalue weighted by atomic mass is 32.1. The molecule has 0 bridgehead atoms. The first-order valence-electron chi connectivity index (χ1n) is 18.2. The summed E-state index contributed by atoms with van der Waals surface area (Å²) in [6, 6.07) is 26.1. The maximum absolute atomic E-state index is 13.6. The lowest BCUT2D eigenvalue weighted by Gasteiger charge is -2.42. The SMILES string of the molecule is CCNC(=O)c1noc(-c2cc(C(C)C)c(OCc3ccccc3)cc2OCc2ccccc2)c1-c1cc2c(s1)C(C)(C)N(C(=O)OC(C)(C)C)CC2. The van der Waals surface area contributed by atoms with Gasteiger partial charge in [-0.3, -0.25) is 9.69 Å².